The van der Waals surface area contributed by atoms with Gasteiger partial charge in [0.1, 0.15) is 6.54 Å². The Morgan fingerprint density at radius 3 is 2.80 bits per heavy atom. The highest BCUT2D eigenvalue weighted by atomic mass is 16.4. The maximum absolute atomic E-state index is 11.1. The van der Waals surface area contributed by atoms with E-state index in [1.54, 1.807) is 18.3 Å². The van der Waals surface area contributed by atoms with Crippen molar-refractivity contribution in [3.63, 3.8) is 0 Å². The van der Waals surface area contributed by atoms with Crippen molar-refractivity contribution in [3.8, 4) is 0 Å². The summed E-state index contributed by atoms with van der Waals surface area (Å²) in [5, 5.41) is 8.47. The third kappa shape index (κ3) is 3.89. The van der Waals surface area contributed by atoms with Gasteiger partial charge >= 0.3 is 5.97 Å². The molecule has 0 spiro atoms. The molecule has 0 amide bonds. The molecule has 15 heavy (non-hydrogen) atoms. The molecule has 0 aliphatic carbocycles. The number of aromatic nitrogens is 1. The van der Waals surface area contributed by atoms with Gasteiger partial charge in [0.2, 0.25) is 0 Å². The molecule has 0 saturated carbocycles. The zero-order valence-electron chi connectivity index (χ0n) is 8.64. The molecule has 0 bridgehead atoms. The standard InChI is InChI=1S/C11H13NO3/c1-9(13)10-4-2-6-12(8-10)7-3-5-11(14)15/h2,4,6,8H,3,5,7H2,1H3/p+1. The Bertz CT molecular complexity index is 374. The van der Waals surface area contributed by atoms with Crippen LogP contribution in [0.4, 0.5) is 0 Å². The molecule has 4 nitrogen and oxygen atoms in total. The normalized spacial score (nSPS) is 9.93. The van der Waals surface area contributed by atoms with Gasteiger partial charge in [-0.1, -0.05) is 0 Å². The summed E-state index contributed by atoms with van der Waals surface area (Å²) in [5.41, 5.74) is 0.646. The lowest BCUT2D eigenvalue weighted by Gasteiger charge is -1.97. The van der Waals surface area contributed by atoms with Crippen LogP contribution in [0.3, 0.4) is 0 Å². The monoisotopic (exact) mass is 208 g/mol. The summed E-state index contributed by atoms with van der Waals surface area (Å²) in [4.78, 5) is 21.4. The highest BCUT2D eigenvalue weighted by Gasteiger charge is 2.06. The van der Waals surface area contributed by atoms with Crippen LogP contribution in [-0.4, -0.2) is 16.9 Å². The van der Waals surface area contributed by atoms with Crippen molar-refractivity contribution in [2.75, 3.05) is 0 Å². The van der Waals surface area contributed by atoms with Gasteiger partial charge in [-0.2, -0.15) is 0 Å². The molecule has 0 saturated heterocycles. The SMILES string of the molecule is CC(=O)c1ccc[n+](CCCC(=O)O)c1. The first-order chi connectivity index (χ1) is 7.09. The van der Waals surface area contributed by atoms with Gasteiger partial charge in [-0.05, 0) is 13.0 Å². The van der Waals surface area contributed by atoms with E-state index >= 15 is 0 Å². The molecule has 0 radical (unpaired) electrons. The van der Waals surface area contributed by atoms with Gasteiger partial charge in [-0.15, -0.1) is 0 Å². The molecular weight excluding hydrogens is 194 g/mol. The molecule has 0 atom stereocenters. The highest BCUT2D eigenvalue weighted by Crippen LogP contribution is 1.96. The fraction of sp³-hybridized carbons (Fsp3) is 0.364. The summed E-state index contributed by atoms with van der Waals surface area (Å²) < 4.78 is 1.83. The number of hydrogen-bond acceptors (Lipinski definition) is 2. The van der Waals surface area contributed by atoms with E-state index in [1.165, 1.54) is 6.92 Å². The van der Waals surface area contributed by atoms with E-state index in [2.05, 4.69) is 0 Å². The molecule has 0 aliphatic heterocycles. The van der Waals surface area contributed by atoms with E-state index in [-0.39, 0.29) is 12.2 Å². The Morgan fingerprint density at radius 1 is 1.47 bits per heavy atom. The topological polar surface area (TPSA) is 58.2 Å². The number of carbonyl (C=O) groups excluding carboxylic acids is 1. The fourth-order valence-corrected chi connectivity index (χ4v) is 1.28. The van der Waals surface area contributed by atoms with Crippen molar-refractivity contribution in [3.05, 3.63) is 30.1 Å². The number of rotatable bonds is 5. The van der Waals surface area contributed by atoms with Crippen LogP contribution < -0.4 is 4.57 Å². The summed E-state index contributed by atoms with van der Waals surface area (Å²) in [7, 11) is 0. The van der Waals surface area contributed by atoms with Crippen molar-refractivity contribution in [2.45, 2.75) is 26.3 Å². The summed E-state index contributed by atoms with van der Waals surface area (Å²) >= 11 is 0. The maximum Gasteiger partial charge on any atom is 0.303 e. The van der Waals surface area contributed by atoms with Gasteiger partial charge in [0.15, 0.2) is 18.2 Å². The summed E-state index contributed by atoms with van der Waals surface area (Å²) in [6.45, 7) is 2.13. The second-order valence-corrected chi connectivity index (χ2v) is 3.38. The van der Waals surface area contributed by atoms with Crippen LogP contribution in [0.1, 0.15) is 30.1 Å². The fourth-order valence-electron chi connectivity index (χ4n) is 1.28. The average Bonchev–Trinajstić information content (AvgIpc) is 2.17. The molecule has 80 valence electrons. The van der Waals surface area contributed by atoms with E-state index in [9.17, 15) is 9.59 Å². The Balaban J connectivity index is 2.58. The van der Waals surface area contributed by atoms with E-state index < -0.39 is 5.97 Å². The Morgan fingerprint density at radius 2 is 2.20 bits per heavy atom. The molecule has 0 aromatic carbocycles. The largest absolute Gasteiger partial charge is 0.481 e. The minimum Gasteiger partial charge on any atom is -0.481 e. The number of ketones is 1. The Hall–Kier alpha value is -1.71. The van der Waals surface area contributed by atoms with Crippen molar-refractivity contribution >= 4 is 11.8 Å². The van der Waals surface area contributed by atoms with Crippen molar-refractivity contribution in [1.82, 2.24) is 0 Å². The number of aliphatic carboxylic acids is 1. The smallest absolute Gasteiger partial charge is 0.303 e. The van der Waals surface area contributed by atoms with E-state index in [0.29, 0.717) is 18.5 Å². The Kier molecular flexibility index (Phi) is 3.97. The van der Waals surface area contributed by atoms with Gasteiger partial charge in [-0.3, -0.25) is 9.59 Å². The lowest BCUT2D eigenvalue weighted by atomic mass is 10.2. The van der Waals surface area contributed by atoms with Crippen molar-refractivity contribution < 1.29 is 19.3 Å². The van der Waals surface area contributed by atoms with Gasteiger partial charge < -0.3 is 5.11 Å². The molecule has 0 fully saturated rings. The summed E-state index contributed by atoms with van der Waals surface area (Å²) in [6, 6.07) is 3.54. The van der Waals surface area contributed by atoms with Gasteiger partial charge in [0, 0.05) is 12.5 Å². The second kappa shape index (κ2) is 5.24. The van der Waals surface area contributed by atoms with Gasteiger partial charge in [0.05, 0.1) is 12.0 Å². The third-order valence-corrected chi connectivity index (χ3v) is 2.07. The molecule has 1 rings (SSSR count). The zero-order chi connectivity index (χ0) is 11.3. The van der Waals surface area contributed by atoms with Crippen LogP contribution in [0, 0.1) is 0 Å². The quantitative estimate of drug-likeness (QED) is 0.581. The molecule has 1 N–H and O–H groups in total. The van der Waals surface area contributed by atoms with E-state index in [4.69, 9.17) is 5.11 Å². The van der Waals surface area contributed by atoms with Gasteiger partial charge in [-0.25, -0.2) is 4.57 Å². The van der Waals surface area contributed by atoms with Crippen LogP contribution in [0.5, 0.6) is 0 Å². The Labute approximate surface area is 88.2 Å². The third-order valence-electron chi connectivity index (χ3n) is 2.07. The van der Waals surface area contributed by atoms with Crippen LogP contribution >= 0.6 is 0 Å². The van der Waals surface area contributed by atoms with E-state index in [1.807, 2.05) is 10.8 Å². The van der Waals surface area contributed by atoms with E-state index in [0.717, 1.165) is 0 Å². The number of carbonyl (C=O) groups is 2. The highest BCUT2D eigenvalue weighted by molar-refractivity contribution is 5.93. The second-order valence-electron chi connectivity index (χ2n) is 3.38. The maximum atomic E-state index is 11.1. The van der Waals surface area contributed by atoms with Crippen LogP contribution in [0.2, 0.25) is 0 Å². The predicted molar refractivity (Wildman–Crippen MR) is 53.5 cm³/mol. The molecule has 4 heteroatoms. The number of aryl methyl sites for hydroxylation is 1. The molecule has 1 aromatic rings. The molecular formula is C11H14NO3+. The number of carboxylic acids is 1. The minimum atomic E-state index is -0.793. The van der Waals surface area contributed by atoms with Crippen molar-refractivity contribution in [1.29, 1.82) is 0 Å². The molecule has 0 unspecified atom stereocenters. The first kappa shape index (κ1) is 11.4. The summed E-state index contributed by atoms with van der Waals surface area (Å²) in [5.74, 6) is -0.777. The lowest BCUT2D eigenvalue weighted by Crippen LogP contribution is -2.33. The predicted octanol–water partition coefficient (Wildman–Crippen LogP) is 1.04. The minimum absolute atomic E-state index is 0.0163. The van der Waals surface area contributed by atoms with Crippen LogP contribution in [-0.2, 0) is 11.3 Å². The van der Waals surface area contributed by atoms with Crippen LogP contribution in [0.15, 0.2) is 24.5 Å². The lowest BCUT2D eigenvalue weighted by molar-refractivity contribution is -0.697. The number of hydrogen-bond donors (Lipinski definition) is 1. The first-order valence-electron chi connectivity index (χ1n) is 4.81. The molecule has 1 aromatic heterocycles. The van der Waals surface area contributed by atoms with Crippen LogP contribution in [0.25, 0.3) is 0 Å². The first-order valence-corrected chi connectivity index (χ1v) is 4.81. The number of nitrogens with zero attached hydrogens (tertiary/aromatic N) is 1. The van der Waals surface area contributed by atoms with Gasteiger partial charge in [0.25, 0.3) is 0 Å². The number of carboxylic acid groups (broad SMARTS) is 1. The summed E-state index contributed by atoms with van der Waals surface area (Å²) in [6.07, 6.45) is 4.29. The van der Waals surface area contributed by atoms with Crippen molar-refractivity contribution in [2.24, 2.45) is 0 Å². The average molecular weight is 208 g/mol. The number of Topliss-reactive ketones (excluding diaryl/α,β-unsaturated/α-hetero) is 1. The number of pyridine rings is 1. The molecule has 1 heterocycles. The zero-order valence-corrected chi connectivity index (χ0v) is 8.64. The molecule has 0 aliphatic rings.